The Bertz CT molecular complexity index is 487. The molecular weight excluding hydrogens is 226 g/mol. The molecule has 4 nitrogen and oxygen atoms in total. The van der Waals surface area contributed by atoms with Gasteiger partial charge < -0.3 is 14.3 Å². The molecule has 1 N–H and O–H groups in total. The van der Waals surface area contributed by atoms with Gasteiger partial charge in [0.15, 0.2) is 0 Å². The Labute approximate surface area is 108 Å². The number of nitrogens with one attached hydrogen (secondary N) is 1. The highest BCUT2D eigenvalue weighted by Gasteiger charge is 2.14. The Morgan fingerprint density at radius 1 is 1.44 bits per heavy atom. The molecule has 0 bridgehead atoms. The lowest BCUT2D eigenvalue weighted by Crippen LogP contribution is -2.21. The highest BCUT2D eigenvalue weighted by molar-refractivity contribution is 5.10. The van der Waals surface area contributed by atoms with Crippen LogP contribution in [0.25, 0.3) is 0 Å². The predicted octanol–water partition coefficient (Wildman–Crippen LogP) is 2.60. The van der Waals surface area contributed by atoms with Gasteiger partial charge in [0.2, 0.25) is 0 Å². The molecule has 0 saturated heterocycles. The minimum Gasteiger partial charge on any atom is -0.465 e. The van der Waals surface area contributed by atoms with Gasteiger partial charge in [-0.25, -0.2) is 4.98 Å². The van der Waals surface area contributed by atoms with Crippen molar-refractivity contribution >= 4 is 0 Å². The monoisotopic (exact) mass is 247 g/mol. The molecule has 1 unspecified atom stereocenters. The van der Waals surface area contributed by atoms with E-state index in [0.29, 0.717) is 0 Å². The van der Waals surface area contributed by atoms with Crippen LogP contribution in [-0.4, -0.2) is 16.1 Å². The second kappa shape index (κ2) is 5.87. The van der Waals surface area contributed by atoms with Crippen molar-refractivity contribution in [1.82, 2.24) is 14.9 Å². The molecule has 0 radical (unpaired) electrons. The summed E-state index contributed by atoms with van der Waals surface area (Å²) in [4.78, 5) is 4.35. The summed E-state index contributed by atoms with van der Waals surface area (Å²) in [7, 11) is 2.03. The van der Waals surface area contributed by atoms with E-state index in [2.05, 4.69) is 27.9 Å². The SMILES string of the molecule is CCNC(CCc1nccn1C)c1ccc(C)o1. The normalized spacial score (nSPS) is 12.8. The van der Waals surface area contributed by atoms with Crippen LogP contribution in [0.2, 0.25) is 0 Å². The molecule has 2 aromatic heterocycles. The van der Waals surface area contributed by atoms with Gasteiger partial charge in [-0.2, -0.15) is 0 Å². The first-order valence-corrected chi connectivity index (χ1v) is 6.46. The number of hydrogen-bond donors (Lipinski definition) is 1. The van der Waals surface area contributed by atoms with Crippen LogP contribution in [0.15, 0.2) is 28.9 Å². The van der Waals surface area contributed by atoms with Crippen molar-refractivity contribution < 1.29 is 4.42 Å². The average Bonchev–Trinajstić information content (AvgIpc) is 2.94. The second-order valence-electron chi connectivity index (χ2n) is 4.55. The number of furan rings is 1. The summed E-state index contributed by atoms with van der Waals surface area (Å²) in [5.41, 5.74) is 0. The summed E-state index contributed by atoms with van der Waals surface area (Å²) >= 11 is 0. The van der Waals surface area contributed by atoms with Crippen LogP contribution in [0, 0.1) is 6.92 Å². The lowest BCUT2D eigenvalue weighted by Gasteiger charge is -2.15. The topological polar surface area (TPSA) is 43.0 Å². The Morgan fingerprint density at radius 3 is 2.83 bits per heavy atom. The van der Waals surface area contributed by atoms with Gasteiger partial charge in [-0.1, -0.05) is 6.92 Å². The number of aromatic nitrogens is 2. The van der Waals surface area contributed by atoms with E-state index in [1.54, 1.807) is 0 Å². The lowest BCUT2D eigenvalue weighted by molar-refractivity contribution is 0.388. The Hall–Kier alpha value is -1.55. The summed E-state index contributed by atoms with van der Waals surface area (Å²) in [5.74, 6) is 3.09. The molecular formula is C14H21N3O. The molecule has 0 spiro atoms. The van der Waals surface area contributed by atoms with Crippen LogP contribution < -0.4 is 5.32 Å². The van der Waals surface area contributed by atoms with Crippen LogP contribution in [-0.2, 0) is 13.5 Å². The number of nitrogens with zero attached hydrogens (tertiary/aromatic N) is 2. The number of imidazole rings is 1. The molecule has 2 rings (SSSR count). The maximum atomic E-state index is 5.71. The highest BCUT2D eigenvalue weighted by atomic mass is 16.3. The van der Waals surface area contributed by atoms with Crippen molar-refractivity contribution in [2.45, 2.75) is 32.7 Å². The van der Waals surface area contributed by atoms with Crippen LogP contribution in [0.3, 0.4) is 0 Å². The van der Waals surface area contributed by atoms with Gasteiger partial charge in [-0.15, -0.1) is 0 Å². The Balaban J connectivity index is 2.01. The molecule has 0 saturated carbocycles. The maximum Gasteiger partial charge on any atom is 0.121 e. The van der Waals surface area contributed by atoms with Gasteiger partial charge in [0, 0.05) is 25.9 Å². The smallest absolute Gasteiger partial charge is 0.121 e. The van der Waals surface area contributed by atoms with Crippen LogP contribution >= 0.6 is 0 Å². The van der Waals surface area contributed by atoms with Gasteiger partial charge >= 0.3 is 0 Å². The molecule has 1 atom stereocenters. The molecule has 18 heavy (non-hydrogen) atoms. The van der Waals surface area contributed by atoms with E-state index in [1.807, 2.05) is 32.4 Å². The van der Waals surface area contributed by atoms with Gasteiger partial charge in [0.1, 0.15) is 17.3 Å². The van der Waals surface area contributed by atoms with Gasteiger partial charge in [-0.3, -0.25) is 0 Å². The first kappa shape index (κ1) is 12.9. The summed E-state index contributed by atoms with van der Waals surface area (Å²) < 4.78 is 7.77. The number of aryl methyl sites for hydroxylation is 3. The van der Waals surface area contributed by atoms with Gasteiger partial charge in [0.05, 0.1) is 6.04 Å². The van der Waals surface area contributed by atoms with Crippen LogP contribution in [0.4, 0.5) is 0 Å². The largest absolute Gasteiger partial charge is 0.465 e. The summed E-state index contributed by atoms with van der Waals surface area (Å²) in [6, 6.07) is 4.34. The molecule has 0 aromatic carbocycles. The van der Waals surface area contributed by atoms with Crippen molar-refractivity contribution in [2.75, 3.05) is 6.54 Å². The third kappa shape index (κ3) is 3.01. The molecule has 98 valence electrons. The van der Waals surface area contributed by atoms with Crippen LogP contribution in [0.1, 0.15) is 36.7 Å². The van der Waals surface area contributed by atoms with E-state index in [4.69, 9.17) is 4.42 Å². The predicted molar refractivity (Wildman–Crippen MR) is 71.4 cm³/mol. The zero-order chi connectivity index (χ0) is 13.0. The van der Waals surface area contributed by atoms with E-state index < -0.39 is 0 Å². The maximum absolute atomic E-state index is 5.71. The molecule has 2 heterocycles. The zero-order valence-electron chi connectivity index (χ0n) is 11.3. The Morgan fingerprint density at radius 2 is 2.28 bits per heavy atom. The number of hydrogen-bond acceptors (Lipinski definition) is 3. The number of rotatable bonds is 6. The fourth-order valence-corrected chi connectivity index (χ4v) is 2.14. The fraction of sp³-hybridized carbons (Fsp3) is 0.500. The quantitative estimate of drug-likeness (QED) is 0.853. The zero-order valence-corrected chi connectivity index (χ0v) is 11.3. The molecule has 0 aliphatic rings. The van der Waals surface area contributed by atoms with E-state index in [-0.39, 0.29) is 6.04 Å². The minimum absolute atomic E-state index is 0.264. The van der Waals surface area contributed by atoms with Gasteiger partial charge in [-0.05, 0) is 32.0 Å². The standard InChI is InChI=1S/C14H21N3O/c1-4-15-12(13-7-5-11(2)18-13)6-8-14-16-9-10-17(14)3/h5,7,9-10,12,15H,4,6,8H2,1-3H3. The van der Waals surface area contributed by atoms with E-state index in [0.717, 1.165) is 36.7 Å². The fourth-order valence-electron chi connectivity index (χ4n) is 2.14. The first-order valence-electron chi connectivity index (χ1n) is 6.46. The molecule has 4 heteroatoms. The molecule has 0 aliphatic carbocycles. The summed E-state index contributed by atoms with van der Waals surface area (Å²) in [6.07, 6.45) is 5.76. The Kier molecular flexibility index (Phi) is 4.20. The third-order valence-corrected chi connectivity index (χ3v) is 3.13. The van der Waals surface area contributed by atoms with Crippen molar-refractivity contribution in [3.63, 3.8) is 0 Å². The van der Waals surface area contributed by atoms with E-state index in [1.165, 1.54) is 0 Å². The first-order chi connectivity index (χ1) is 8.70. The summed E-state index contributed by atoms with van der Waals surface area (Å²) in [5, 5.41) is 3.46. The minimum atomic E-state index is 0.264. The van der Waals surface area contributed by atoms with Crippen LogP contribution in [0.5, 0.6) is 0 Å². The van der Waals surface area contributed by atoms with E-state index in [9.17, 15) is 0 Å². The van der Waals surface area contributed by atoms with Crippen molar-refractivity contribution in [3.8, 4) is 0 Å². The lowest BCUT2D eigenvalue weighted by atomic mass is 10.1. The molecule has 2 aromatic rings. The molecule has 0 amide bonds. The van der Waals surface area contributed by atoms with E-state index >= 15 is 0 Å². The average molecular weight is 247 g/mol. The third-order valence-electron chi connectivity index (χ3n) is 3.13. The van der Waals surface area contributed by atoms with Crippen molar-refractivity contribution in [1.29, 1.82) is 0 Å². The molecule has 0 fully saturated rings. The second-order valence-corrected chi connectivity index (χ2v) is 4.55. The molecule has 0 aliphatic heterocycles. The van der Waals surface area contributed by atoms with Gasteiger partial charge in [0.25, 0.3) is 0 Å². The van der Waals surface area contributed by atoms with Crippen molar-refractivity contribution in [2.24, 2.45) is 7.05 Å². The van der Waals surface area contributed by atoms with Crippen molar-refractivity contribution in [3.05, 3.63) is 41.9 Å². The summed E-state index contributed by atoms with van der Waals surface area (Å²) in [6.45, 7) is 5.03. The highest BCUT2D eigenvalue weighted by Crippen LogP contribution is 2.21.